The number of benzene rings is 3. The number of hydrazine groups is 1. The van der Waals surface area contributed by atoms with E-state index in [1.165, 1.54) is 0 Å². The zero-order chi connectivity index (χ0) is 41.2. The van der Waals surface area contributed by atoms with Crippen molar-refractivity contribution < 1.29 is 24.2 Å². The maximum atomic E-state index is 14.5. The number of nitrogens with zero attached hydrogens (tertiary/aromatic N) is 5. The molecule has 1 aliphatic rings. The predicted molar refractivity (Wildman–Crippen MR) is 225 cm³/mol. The van der Waals surface area contributed by atoms with Gasteiger partial charge >= 0.3 is 12.1 Å². The molecular weight excluding hydrogens is 731 g/mol. The molecule has 4 atom stereocenters. The number of aliphatic hydroxyl groups excluding tert-OH is 1. The summed E-state index contributed by atoms with van der Waals surface area (Å²) < 4.78 is 5.59. The lowest BCUT2D eigenvalue weighted by molar-refractivity contribution is -0.128. The lowest BCUT2D eigenvalue weighted by atomic mass is 9.95. The predicted octanol–water partition coefficient (Wildman–Crippen LogP) is 6.98. The highest BCUT2D eigenvalue weighted by Crippen LogP contribution is 2.25. The zero-order valence-corrected chi connectivity index (χ0v) is 34.0. The highest BCUT2D eigenvalue weighted by Gasteiger charge is 2.41. The van der Waals surface area contributed by atoms with Gasteiger partial charge in [0.25, 0.3) is 0 Å². The van der Waals surface area contributed by atoms with Crippen LogP contribution in [0.2, 0.25) is 0 Å². The molecule has 3 aromatic carbocycles. The van der Waals surface area contributed by atoms with Crippen molar-refractivity contribution >= 4 is 28.9 Å². The number of carbonyl (C=O) groups is 3. The third-order valence-electron chi connectivity index (χ3n) is 10.4. The first-order chi connectivity index (χ1) is 27.9. The van der Waals surface area contributed by atoms with E-state index in [0.29, 0.717) is 32.5 Å². The number of urea groups is 1. The van der Waals surface area contributed by atoms with Gasteiger partial charge in [-0.05, 0) is 74.1 Å². The van der Waals surface area contributed by atoms with Crippen LogP contribution in [0, 0.1) is 5.92 Å². The van der Waals surface area contributed by atoms with E-state index in [-0.39, 0.29) is 30.9 Å². The SMILES string of the molecule is CCC(C)[C@@H](C(=O)NC(Cc1ccccc1)C(O)CN(Cc1ccc(-c2ccccn2)cc1)NC(=O)OC(C)(C)C)N1CCN(Cc2ccnc3ccccc23)C1=O. The van der Waals surface area contributed by atoms with Crippen LogP contribution < -0.4 is 10.7 Å². The van der Waals surface area contributed by atoms with Crippen molar-refractivity contribution in [1.82, 2.24) is 35.5 Å². The second kappa shape index (κ2) is 19.1. The molecule has 5 aromatic rings. The number of nitrogens with one attached hydrogen (secondary N) is 2. The zero-order valence-electron chi connectivity index (χ0n) is 34.0. The fraction of sp³-hybridized carbons (Fsp3) is 0.370. The number of carbonyl (C=O) groups excluding carboxylic acids is 3. The summed E-state index contributed by atoms with van der Waals surface area (Å²) in [6.45, 7) is 10.8. The van der Waals surface area contributed by atoms with Crippen molar-refractivity contribution in [1.29, 1.82) is 0 Å². The molecule has 2 aromatic heterocycles. The second-order valence-electron chi connectivity index (χ2n) is 16.0. The van der Waals surface area contributed by atoms with Crippen molar-refractivity contribution in [2.45, 2.75) is 84.3 Å². The summed E-state index contributed by atoms with van der Waals surface area (Å²) in [5.74, 6) is -0.504. The molecule has 3 heterocycles. The molecule has 3 N–H and O–H groups in total. The maximum absolute atomic E-state index is 14.5. The minimum absolute atomic E-state index is 0.0384. The summed E-state index contributed by atoms with van der Waals surface area (Å²) in [5.41, 5.74) is 7.52. The van der Waals surface area contributed by atoms with Crippen LogP contribution in [-0.2, 0) is 29.0 Å². The van der Waals surface area contributed by atoms with Crippen LogP contribution in [0.4, 0.5) is 9.59 Å². The number of fused-ring (bicyclic) bond motifs is 1. The van der Waals surface area contributed by atoms with E-state index in [2.05, 4.69) is 20.7 Å². The van der Waals surface area contributed by atoms with Crippen LogP contribution in [0.25, 0.3) is 22.2 Å². The van der Waals surface area contributed by atoms with Crippen molar-refractivity contribution in [3.63, 3.8) is 0 Å². The molecular formula is C46H55N7O5. The van der Waals surface area contributed by atoms with Crippen molar-refractivity contribution in [3.05, 3.63) is 132 Å². The minimum Gasteiger partial charge on any atom is -0.443 e. The van der Waals surface area contributed by atoms with Gasteiger partial charge in [0, 0.05) is 56.1 Å². The molecule has 3 unspecified atom stereocenters. The number of aromatic nitrogens is 2. The third-order valence-corrected chi connectivity index (χ3v) is 10.4. The van der Waals surface area contributed by atoms with E-state index in [1.807, 2.05) is 117 Å². The Morgan fingerprint density at radius 3 is 2.31 bits per heavy atom. The quantitative estimate of drug-likeness (QED) is 0.0912. The Morgan fingerprint density at radius 1 is 0.879 bits per heavy atom. The van der Waals surface area contributed by atoms with Crippen molar-refractivity contribution in [2.24, 2.45) is 5.92 Å². The Labute approximate surface area is 341 Å². The number of amides is 4. The summed E-state index contributed by atoms with van der Waals surface area (Å²) in [6.07, 6.45) is 2.67. The molecule has 0 bridgehead atoms. The normalized spacial score (nSPS) is 15.3. The summed E-state index contributed by atoms with van der Waals surface area (Å²) >= 11 is 0. The third kappa shape index (κ3) is 11.0. The van der Waals surface area contributed by atoms with Crippen LogP contribution >= 0.6 is 0 Å². The van der Waals surface area contributed by atoms with E-state index in [9.17, 15) is 19.5 Å². The first-order valence-corrected chi connectivity index (χ1v) is 20.0. The van der Waals surface area contributed by atoms with Crippen LogP contribution in [0.5, 0.6) is 0 Å². The average molecular weight is 786 g/mol. The Morgan fingerprint density at radius 2 is 1.60 bits per heavy atom. The minimum atomic E-state index is -1.14. The highest BCUT2D eigenvalue weighted by molar-refractivity contribution is 5.89. The molecule has 12 heteroatoms. The van der Waals surface area contributed by atoms with Crippen LogP contribution in [-0.4, -0.2) is 91.3 Å². The van der Waals surface area contributed by atoms with Gasteiger partial charge < -0.3 is 25.0 Å². The summed E-state index contributed by atoms with van der Waals surface area (Å²) in [5, 5.41) is 17.8. The molecule has 1 saturated heterocycles. The molecule has 4 amide bonds. The van der Waals surface area contributed by atoms with Crippen molar-refractivity contribution in [3.8, 4) is 11.3 Å². The number of ether oxygens (including phenoxy) is 1. The standard InChI is InChI=1S/C46H55N7O5/c1-6-32(2)42(53-27-26-51(45(53)57)30-36-23-25-48-39-18-11-10-16-37(36)39)43(55)49-40(28-33-14-8-7-9-15-33)41(54)31-52(50-44(56)58-46(3,4)5)29-34-19-21-35(22-20-34)38-17-12-13-24-47-38/h7-25,32,40-42,54H,6,26-31H2,1-5H3,(H,49,55)(H,50,56)/t32?,40?,41?,42-/m0/s1. The van der Waals surface area contributed by atoms with Gasteiger partial charge in [-0.15, -0.1) is 0 Å². The van der Waals surface area contributed by atoms with Gasteiger partial charge in [-0.2, -0.15) is 0 Å². The molecule has 1 fully saturated rings. The molecule has 12 nitrogen and oxygen atoms in total. The molecule has 0 spiro atoms. The average Bonchev–Trinajstić information content (AvgIpc) is 3.56. The van der Waals surface area contributed by atoms with Gasteiger partial charge in [0.1, 0.15) is 11.6 Å². The number of para-hydroxylation sites is 1. The summed E-state index contributed by atoms with van der Waals surface area (Å²) in [4.78, 5) is 54.1. The Kier molecular flexibility index (Phi) is 13.7. The summed E-state index contributed by atoms with van der Waals surface area (Å²) in [6, 6.07) is 31.3. The topological polar surface area (TPSA) is 140 Å². The lowest BCUT2D eigenvalue weighted by Gasteiger charge is -2.35. The highest BCUT2D eigenvalue weighted by atomic mass is 16.6. The van der Waals surface area contributed by atoms with E-state index in [0.717, 1.165) is 38.9 Å². The molecule has 6 rings (SSSR count). The lowest BCUT2D eigenvalue weighted by Crippen LogP contribution is -2.58. The number of aliphatic hydroxyl groups is 1. The van der Waals surface area contributed by atoms with Gasteiger partial charge in [-0.1, -0.05) is 99.1 Å². The Balaban J connectivity index is 1.21. The van der Waals surface area contributed by atoms with Gasteiger partial charge in [0.05, 0.1) is 23.4 Å². The van der Waals surface area contributed by atoms with Crippen LogP contribution in [0.15, 0.2) is 116 Å². The number of pyridine rings is 2. The smallest absolute Gasteiger partial charge is 0.422 e. The molecule has 0 saturated carbocycles. The first kappa shape index (κ1) is 41.8. The van der Waals surface area contributed by atoms with Gasteiger partial charge in [0.2, 0.25) is 5.91 Å². The van der Waals surface area contributed by atoms with Gasteiger partial charge in [-0.25, -0.2) is 14.6 Å². The van der Waals surface area contributed by atoms with E-state index in [4.69, 9.17) is 4.74 Å². The molecule has 0 radical (unpaired) electrons. The largest absolute Gasteiger partial charge is 0.443 e. The summed E-state index contributed by atoms with van der Waals surface area (Å²) in [7, 11) is 0. The Bertz CT molecular complexity index is 2120. The molecule has 304 valence electrons. The number of rotatable bonds is 16. The van der Waals surface area contributed by atoms with E-state index < -0.39 is 29.9 Å². The van der Waals surface area contributed by atoms with Gasteiger partial charge in [-0.3, -0.25) is 20.2 Å². The van der Waals surface area contributed by atoms with E-state index in [1.54, 1.807) is 48.0 Å². The number of hydrogen-bond donors (Lipinski definition) is 3. The fourth-order valence-corrected chi connectivity index (χ4v) is 7.32. The monoisotopic (exact) mass is 785 g/mol. The number of hydrogen-bond acceptors (Lipinski definition) is 8. The maximum Gasteiger partial charge on any atom is 0.422 e. The molecule has 1 aliphatic heterocycles. The Hall–Kier alpha value is -5.85. The van der Waals surface area contributed by atoms with Crippen molar-refractivity contribution in [2.75, 3.05) is 19.6 Å². The van der Waals surface area contributed by atoms with Gasteiger partial charge in [0.15, 0.2) is 0 Å². The molecule has 58 heavy (non-hydrogen) atoms. The van der Waals surface area contributed by atoms with Crippen LogP contribution in [0.3, 0.4) is 0 Å². The fourth-order valence-electron chi connectivity index (χ4n) is 7.32. The first-order valence-electron chi connectivity index (χ1n) is 20.0. The van der Waals surface area contributed by atoms with E-state index >= 15 is 0 Å². The second-order valence-corrected chi connectivity index (χ2v) is 16.0. The molecule has 0 aliphatic carbocycles. The van der Waals surface area contributed by atoms with Crippen LogP contribution in [0.1, 0.15) is 57.7 Å².